The van der Waals surface area contributed by atoms with Gasteiger partial charge in [-0.25, -0.2) is 4.79 Å². The van der Waals surface area contributed by atoms with Gasteiger partial charge < -0.3 is 9.84 Å². The van der Waals surface area contributed by atoms with Crippen molar-refractivity contribution in [3.8, 4) is 0 Å². The van der Waals surface area contributed by atoms with E-state index in [0.29, 0.717) is 5.57 Å². The van der Waals surface area contributed by atoms with Crippen LogP contribution in [0.2, 0.25) is 5.02 Å². The third kappa shape index (κ3) is 5.20. The van der Waals surface area contributed by atoms with Crippen molar-refractivity contribution in [3.05, 3.63) is 89.0 Å². The summed E-state index contributed by atoms with van der Waals surface area (Å²) in [4.78, 5) is 10.9. The van der Waals surface area contributed by atoms with Gasteiger partial charge in [-0.2, -0.15) is 0 Å². The highest BCUT2D eigenvalue weighted by Gasteiger charge is 2.20. The SMILES string of the molecule is O=C1C=C(C=CC=CC=CC=Cc2ccc(Cl)cc2)C(O)O1. The Balaban J connectivity index is 1.78. The zero-order valence-electron chi connectivity index (χ0n) is 11.7. The summed E-state index contributed by atoms with van der Waals surface area (Å²) in [5, 5.41) is 10.1. The normalized spacial score (nSPS) is 18.9. The van der Waals surface area contributed by atoms with Crippen molar-refractivity contribution in [2.24, 2.45) is 0 Å². The molecular formula is C18H15ClO3. The first-order chi connectivity index (χ1) is 10.6. The van der Waals surface area contributed by atoms with Gasteiger partial charge in [0.25, 0.3) is 0 Å². The van der Waals surface area contributed by atoms with E-state index in [9.17, 15) is 9.90 Å². The lowest BCUT2D eigenvalue weighted by Gasteiger charge is -2.01. The van der Waals surface area contributed by atoms with E-state index in [2.05, 4.69) is 4.74 Å². The lowest BCUT2D eigenvalue weighted by atomic mass is 10.2. The molecule has 0 saturated carbocycles. The average Bonchev–Trinajstić information content (AvgIpc) is 2.82. The van der Waals surface area contributed by atoms with Crippen molar-refractivity contribution in [1.82, 2.24) is 0 Å². The first-order valence-electron chi connectivity index (χ1n) is 6.69. The molecule has 1 N–H and O–H groups in total. The number of benzene rings is 1. The predicted molar refractivity (Wildman–Crippen MR) is 88.1 cm³/mol. The van der Waals surface area contributed by atoms with Gasteiger partial charge in [0, 0.05) is 16.7 Å². The highest BCUT2D eigenvalue weighted by Crippen LogP contribution is 2.14. The summed E-state index contributed by atoms with van der Waals surface area (Å²) in [5.41, 5.74) is 1.52. The summed E-state index contributed by atoms with van der Waals surface area (Å²) in [6.45, 7) is 0. The summed E-state index contributed by atoms with van der Waals surface area (Å²) in [6, 6.07) is 7.57. The smallest absolute Gasteiger partial charge is 0.333 e. The number of aliphatic hydroxyl groups is 1. The number of allylic oxidation sites excluding steroid dienone is 6. The molecule has 1 atom stereocenters. The average molecular weight is 315 g/mol. The highest BCUT2D eigenvalue weighted by molar-refractivity contribution is 6.30. The molecule has 0 fully saturated rings. The molecule has 112 valence electrons. The zero-order chi connectivity index (χ0) is 15.8. The van der Waals surface area contributed by atoms with Gasteiger partial charge in [-0.1, -0.05) is 72.3 Å². The van der Waals surface area contributed by atoms with Gasteiger partial charge in [0.1, 0.15) is 0 Å². The molecule has 1 aromatic rings. The summed E-state index contributed by atoms with van der Waals surface area (Å²) >= 11 is 5.81. The van der Waals surface area contributed by atoms with Crippen molar-refractivity contribution in [3.63, 3.8) is 0 Å². The van der Waals surface area contributed by atoms with E-state index in [-0.39, 0.29) is 0 Å². The van der Waals surface area contributed by atoms with E-state index >= 15 is 0 Å². The molecular weight excluding hydrogens is 300 g/mol. The van der Waals surface area contributed by atoms with E-state index in [4.69, 9.17) is 11.6 Å². The van der Waals surface area contributed by atoms with Crippen LogP contribution in [0.15, 0.2) is 78.4 Å². The standard InChI is InChI=1S/C18H15ClO3/c19-16-11-9-14(10-12-16)7-5-3-1-2-4-6-8-15-13-17(20)22-18(15)21/h1-13,18,21H. The van der Waals surface area contributed by atoms with Gasteiger partial charge >= 0.3 is 5.97 Å². The fourth-order valence-corrected chi connectivity index (χ4v) is 1.84. The molecule has 0 spiro atoms. The van der Waals surface area contributed by atoms with Crippen LogP contribution in [0.5, 0.6) is 0 Å². The second kappa shape index (κ2) is 8.17. The third-order valence-corrected chi connectivity index (χ3v) is 3.05. The Labute approximate surface area is 134 Å². The molecule has 4 heteroatoms. The Hall–Kier alpha value is -2.36. The maximum Gasteiger partial charge on any atom is 0.333 e. The van der Waals surface area contributed by atoms with Crippen LogP contribution >= 0.6 is 11.6 Å². The van der Waals surface area contributed by atoms with Crippen LogP contribution < -0.4 is 0 Å². The zero-order valence-corrected chi connectivity index (χ0v) is 12.5. The van der Waals surface area contributed by atoms with Crippen LogP contribution in [0.3, 0.4) is 0 Å². The fraction of sp³-hybridized carbons (Fsp3) is 0.0556. The number of hydrogen-bond donors (Lipinski definition) is 1. The van der Waals surface area contributed by atoms with Gasteiger partial charge in [-0.15, -0.1) is 0 Å². The van der Waals surface area contributed by atoms with E-state index in [1.807, 2.05) is 54.6 Å². The largest absolute Gasteiger partial charge is 0.428 e. The predicted octanol–water partition coefficient (Wildman–Crippen LogP) is 3.82. The van der Waals surface area contributed by atoms with E-state index < -0.39 is 12.3 Å². The van der Waals surface area contributed by atoms with Crippen molar-refractivity contribution < 1.29 is 14.6 Å². The van der Waals surface area contributed by atoms with Crippen LogP contribution in [0, 0.1) is 0 Å². The number of rotatable bonds is 5. The van der Waals surface area contributed by atoms with Gasteiger partial charge in [0.2, 0.25) is 6.29 Å². The molecule has 1 heterocycles. The monoisotopic (exact) mass is 314 g/mol. The number of ether oxygens (including phenoxy) is 1. The van der Waals surface area contributed by atoms with Gasteiger partial charge in [0.05, 0.1) is 0 Å². The number of cyclic esters (lactones) is 1. The summed E-state index contributed by atoms with van der Waals surface area (Å²) in [7, 11) is 0. The van der Waals surface area contributed by atoms with E-state index in [1.54, 1.807) is 18.2 Å². The Morgan fingerprint density at radius 1 is 0.955 bits per heavy atom. The van der Waals surface area contributed by atoms with Gasteiger partial charge in [0.15, 0.2) is 0 Å². The molecule has 0 aromatic heterocycles. The molecule has 22 heavy (non-hydrogen) atoms. The summed E-state index contributed by atoms with van der Waals surface area (Å²) < 4.78 is 4.55. The minimum atomic E-state index is -1.16. The molecule has 2 rings (SSSR count). The molecule has 1 aliphatic heterocycles. The Morgan fingerprint density at radius 3 is 2.14 bits per heavy atom. The quantitative estimate of drug-likeness (QED) is 0.664. The lowest BCUT2D eigenvalue weighted by molar-refractivity contribution is -0.150. The maximum atomic E-state index is 10.9. The minimum absolute atomic E-state index is 0.446. The molecule has 0 bridgehead atoms. The topological polar surface area (TPSA) is 46.5 Å². The molecule has 0 aliphatic carbocycles. The number of halogens is 1. The van der Waals surface area contributed by atoms with Crippen molar-refractivity contribution in [2.75, 3.05) is 0 Å². The number of hydrogen-bond acceptors (Lipinski definition) is 3. The Kier molecular flexibility index (Phi) is 5.95. The lowest BCUT2D eigenvalue weighted by Crippen LogP contribution is -2.08. The van der Waals surface area contributed by atoms with Crippen molar-refractivity contribution >= 4 is 23.6 Å². The molecule has 1 unspecified atom stereocenters. The van der Waals surface area contributed by atoms with Crippen molar-refractivity contribution in [1.29, 1.82) is 0 Å². The fourth-order valence-electron chi connectivity index (χ4n) is 1.71. The van der Waals surface area contributed by atoms with E-state index in [1.165, 1.54) is 6.08 Å². The number of aliphatic hydroxyl groups excluding tert-OH is 1. The second-order valence-electron chi connectivity index (χ2n) is 4.47. The number of carbonyl (C=O) groups excluding carboxylic acids is 1. The van der Waals surface area contributed by atoms with Crippen LogP contribution in [-0.2, 0) is 9.53 Å². The first-order valence-corrected chi connectivity index (χ1v) is 7.07. The first kappa shape index (κ1) is 16.0. The summed E-state index contributed by atoms with van der Waals surface area (Å²) in [5.74, 6) is -0.525. The number of carbonyl (C=O) groups is 1. The Bertz CT molecular complexity index is 664. The van der Waals surface area contributed by atoms with Gasteiger partial charge in [-0.05, 0) is 17.7 Å². The maximum absolute atomic E-state index is 10.9. The molecule has 0 amide bonds. The third-order valence-electron chi connectivity index (χ3n) is 2.80. The molecule has 3 nitrogen and oxygen atoms in total. The molecule has 1 aliphatic rings. The van der Waals surface area contributed by atoms with Crippen LogP contribution in [0.1, 0.15) is 5.56 Å². The van der Waals surface area contributed by atoms with Crippen LogP contribution in [0.25, 0.3) is 6.08 Å². The van der Waals surface area contributed by atoms with Crippen LogP contribution in [-0.4, -0.2) is 17.4 Å². The van der Waals surface area contributed by atoms with Crippen molar-refractivity contribution in [2.45, 2.75) is 6.29 Å². The van der Waals surface area contributed by atoms with Crippen LogP contribution in [0.4, 0.5) is 0 Å². The van der Waals surface area contributed by atoms with E-state index in [0.717, 1.165) is 10.6 Å². The summed E-state index contributed by atoms with van der Waals surface area (Å²) in [6.07, 6.45) is 14.8. The highest BCUT2D eigenvalue weighted by atomic mass is 35.5. The second-order valence-corrected chi connectivity index (χ2v) is 4.91. The molecule has 0 radical (unpaired) electrons. The number of esters is 1. The molecule has 1 aromatic carbocycles. The molecule has 0 saturated heterocycles. The van der Waals surface area contributed by atoms with Gasteiger partial charge in [-0.3, -0.25) is 0 Å². The Morgan fingerprint density at radius 2 is 1.55 bits per heavy atom. The minimum Gasteiger partial charge on any atom is -0.428 e.